The summed E-state index contributed by atoms with van der Waals surface area (Å²) in [5.41, 5.74) is 1.57. The number of rotatable bonds is 10. The molecule has 1 aliphatic heterocycles. The van der Waals surface area contributed by atoms with E-state index in [1.54, 1.807) is 5.56 Å². The molecule has 1 aliphatic rings. The topological polar surface area (TPSA) is 0 Å². The summed E-state index contributed by atoms with van der Waals surface area (Å²) in [6.45, 7) is 8.90. The van der Waals surface area contributed by atoms with Crippen LogP contribution in [0.5, 0.6) is 0 Å². The molecule has 0 spiro atoms. The number of hydrogen-bond acceptors (Lipinski definition) is 0. The van der Waals surface area contributed by atoms with E-state index < -0.39 is 0 Å². The number of nitrogens with zero attached hydrogens (tertiary/aromatic N) is 1. The Morgan fingerprint density at radius 1 is 0.864 bits per heavy atom. The molecule has 0 bridgehead atoms. The summed E-state index contributed by atoms with van der Waals surface area (Å²) in [4.78, 5) is 0. The minimum Gasteiger partial charge on any atom is -0.317 e. The molecule has 1 fully saturated rings. The fraction of sp³-hybridized carbons (Fsp3) is 0.714. The molecule has 1 unspecified atom stereocenters. The highest BCUT2D eigenvalue weighted by molar-refractivity contribution is 5.17. The molecule has 0 N–H and O–H groups in total. The van der Waals surface area contributed by atoms with Crippen molar-refractivity contribution in [2.75, 3.05) is 19.6 Å². The molecule has 2 rings (SSSR count). The first-order valence-electron chi connectivity index (χ1n) is 9.73. The molecule has 1 aromatic rings. The zero-order valence-corrected chi connectivity index (χ0v) is 14.9. The van der Waals surface area contributed by atoms with Gasteiger partial charge in [0.1, 0.15) is 6.04 Å². The van der Waals surface area contributed by atoms with Gasteiger partial charge in [0.15, 0.2) is 0 Å². The van der Waals surface area contributed by atoms with E-state index in [0.29, 0.717) is 0 Å². The zero-order valence-electron chi connectivity index (χ0n) is 14.9. The van der Waals surface area contributed by atoms with E-state index in [2.05, 4.69) is 44.2 Å². The molecule has 0 amide bonds. The molecular formula is C21H36N+. The third-order valence-electron chi connectivity index (χ3n) is 5.65. The van der Waals surface area contributed by atoms with E-state index >= 15 is 0 Å². The number of unbranched alkanes of at least 4 members (excludes halogenated alkanes) is 5. The Bertz CT molecular complexity index is 392. The van der Waals surface area contributed by atoms with Crippen LogP contribution in [-0.2, 0) is 0 Å². The van der Waals surface area contributed by atoms with Crippen molar-refractivity contribution in [3.05, 3.63) is 35.9 Å². The Morgan fingerprint density at radius 2 is 1.50 bits per heavy atom. The van der Waals surface area contributed by atoms with Crippen molar-refractivity contribution >= 4 is 0 Å². The number of benzene rings is 1. The lowest BCUT2D eigenvalue weighted by atomic mass is 9.99. The normalized spacial score (nSPS) is 18.5. The summed E-state index contributed by atoms with van der Waals surface area (Å²) < 4.78 is 1.37. The van der Waals surface area contributed by atoms with Gasteiger partial charge < -0.3 is 4.48 Å². The Hall–Kier alpha value is -0.820. The third-order valence-corrected chi connectivity index (χ3v) is 5.65. The Balaban J connectivity index is 1.95. The number of hydrogen-bond donors (Lipinski definition) is 0. The first-order chi connectivity index (χ1) is 10.8. The van der Waals surface area contributed by atoms with E-state index in [4.69, 9.17) is 0 Å². The van der Waals surface area contributed by atoms with Crippen LogP contribution < -0.4 is 0 Å². The standard InChI is InChI=1S/C21H36N/c1-3-5-6-7-8-12-17-22(18-13-14-19-22)21(4-2)20-15-10-9-11-16-20/h9-11,15-16,21H,3-8,12-14,17-19H2,1-2H3/q+1. The van der Waals surface area contributed by atoms with Gasteiger partial charge in [-0.05, 0) is 12.8 Å². The molecule has 1 aromatic carbocycles. The van der Waals surface area contributed by atoms with Crippen LogP contribution in [-0.4, -0.2) is 24.1 Å². The predicted octanol–water partition coefficient (Wildman–Crippen LogP) is 6.11. The minimum atomic E-state index is 0.722. The molecule has 0 aliphatic carbocycles. The maximum absolute atomic E-state index is 2.39. The van der Waals surface area contributed by atoms with Crippen LogP contribution in [0.2, 0.25) is 0 Å². The Morgan fingerprint density at radius 3 is 2.14 bits per heavy atom. The van der Waals surface area contributed by atoms with Gasteiger partial charge in [0.05, 0.1) is 19.6 Å². The first-order valence-corrected chi connectivity index (χ1v) is 9.73. The van der Waals surface area contributed by atoms with E-state index in [9.17, 15) is 0 Å². The van der Waals surface area contributed by atoms with E-state index in [1.807, 2.05) is 0 Å². The fourth-order valence-corrected chi connectivity index (χ4v) is 4.48. The summed E-state index contributed by atoms with van der Waals surface area (Å²) in [6.07, 6.45) is 12.6. The summed E-state index contributed by atoms with van der Waals surface area (Å²) in [5, 5.41) is 0. The average Bonchev–Trinajstić information content (AvgIpc) is 3.02. The van der Waals surface area contributed by atoms with Crippen LogP contribution in [0.4, 0.5) is 0 Å². The summed E-state index contributed by atoms with van der Waals surface area (Å²) >= 11 is 0. The SMILES string of the molecule is CCCCCCCC[N+]1(C(CC)c2ccccc2)CCCC1. The highest BCUT2D eigenvalue weighted by Crippen LogP contribution is 2.36. The minimum absolute atomic E-state index is 0.722. The van der Waals surface area contributed by atoms with Gasteiger partial charge in [-0.1, -0.05) is 69.9 Å². The number of quaternary nitrogens is 1. The fourth-order valence-electron chi connectivity index (χ4n) is 4.48. The highest BCUT2D eigenvalue weighted by Gasteiger charge is 2.39. The van der Waals surface area contributed by atoms with Crippen molar-refractivity contribution in [3.8, 4) is 0 Å². The van der Waals surface area contributed by atoms with Gasteiger partial charge in [0, 0.05) is 24.8 Å². The molecule has 0 radical (unpaired) electrons. The molecule has 1 saturated heterocycles. The lowest BCUT2D eigenvalue weighted by molar-refractivity contribution is -0.946. The summed E-state index contributed by atoms with van der Waals surface area (Å²) in [6, 6.07) is 12.0. The molecule has 1 atom stereocenters. The first kappa shape index (κ1) is 17.5. The second kappa shape index (κ2) is 9.35. The van der Waals surface area contributed by atoms with Gasteiger partial charge in [-0.3, -0.25) is 0 Å². The average molecular weight is 303 g/mol. The lowest BCUT2D eigenvalue weighted by Crippen LogP contribution is -2.48. The lowest BCUT2D eigenvalue weighted by Gasteiger charge is -2.42. The molecule has 22 heavy (non-hydrogen) atoms. The van der Waals surface area contributed by atoms with Crippen molar-refractivity contribution in [2.24, 2.45) is 0 Å². The van der Waals surface area contributed by atoms with Gasteiger partial charge in [0.2, 0.25) is 0 Å². The second-order valence-electron chi connectivity index (χ2n) is 7.20. The molecule has 0 aromatic heterocycles. The van der Waals surface area contributed by atoms with E-state index in [0.717, 1.165) is 6.04 Å². The smallest absolute Gasteiger partial charge is 0.114 e. The quantitative estimate of drug-likeness (QED) is 0.361. The monoisotopic (exact) mass is 302 g/mol. The van der Waals surface area contributed by atoms with Crippen molar-refractivity contribution in [2.45, 2.75) is 77.7 Å². The maximum Gasteiger partial charge on any atom is 0.114 e. The van der Waals surface area contributed by atoms with Gasteiger partial charge in [-0.25, -0.2) is 0 Å². The van der Waals surface area contributed by atoms with Crippen molar-refractivity contribution in [1.29, 1.82) is 0 Å². The molecule has 124 valence electrons. The second-order valence-corrected chi connectivity index (χ2v) is 7.20. The van der Waals surface area contributed by atoms with Gasteiger partial charge >= 0.3 is 0 Å². The van der Waals surface area contributed by atoms with Crippen LogP contribution in [0.1, 0.15) is 83.2 Å². The summed E-state index contributed by atoms with van der Waals surface area (Å²) in [7, 11) is 0. The zero-order chi connectivity index (χ0) is 15.7. The highest BCUT2D eigenvalue weighted by atomic mass is 15.4. The van der Waals surface area contributed by atoms with Gasteiger partial charge in [-0.2, -0.15) is 0 Å². The van der Waals surface area contributed by atoms with Gasteiger partial charge in [0.25, 0.3) is 0 Å². The largest absolute Gasteiger partial charge is 0.317 e. The van der Waals surface area contributed by atoms with Crippen molar-refractivity contribution in [3.63, 3.8) is 0 Å². The molecule has 1 nitrogen and oxygen atoms in total. The van der Waals surface area contributed by atoms with Gasteiger partial charge in [-0.15, -0.1) is 0 Å². The third kappa shape index (κ3) is 4.59. The maximum atomic E-state index is 2.39. The number of likely N-dealkylation sites (tertiary alicyclic amines) is 1. The molecule has 1 heterocycles. The Kier molecular flexibility index (Phi) is 7.45. The van der Waals surface area contributed by atoms with Crippen LogP contribution in [0.15, 0.2) is 30.3 Å². The summed E-state index contributed by atoms with van der Waals surface area (Å²) in [5.74, 6) is 0. The van der Waals surface area contributed by atoms with E-state index in [-0.39, 0.29) is 0 Å². The predicted molar refractivity (Wildman–Crippen MR) is 96.9 cm³/mol. The van der Waals surface area contributed by atoms with E-state index in [1.165, 1.54) is 81.9 Å². The van der Waals surface area contributed by atoms with Crippen LogP contribution in [0.3, 0.4) is 0 Å². The van der Waals surface area contributed by atoms with Crippen molar-refractivity contribution in [1.82, 2.24) is 0 Å². The van der Waals surface area contributed by atoms with Crippen molar-refractivity contribution < 1.29 is 4.48 Å². The van der Waals surface area contributed by atoms with Crippen LogP contribution in [0, 0.1) is 0 Å². The van der Waals surface area contributed by atoms with Crippen LogP contribution in [0.25, 0.3) is 0 Å². The van der Waals surface area contributed by atoms with Crippen LogP contribution >= 0.6 is 0 Å². The molecule has 0 saturated carbocycles. The Labute approximate surface area is 138 Å². The molecular weight excluding hydrogens is 266 g/mol. The molecule has 1 heteroatoms.